The van der Waals surface area contributed by atoms with Crippen molar-refractivity contribution in [1.29, 1.82) is 0 Å². The van der Waals surface area contributed by atoms with Crippen molar-refractivity contribution in [2.75, 3.05) is 0 Å². The molecule has 0 radical (unpaired) electrons. The van der Waals surface area contributed by atoms with Gasteiger partial charge in [0, 0.05) is 0 Å². The molecular weight excluding hydrogens is 291 g/mol. The second kappa shape index (κ2) is 4.81. The van der Waals surface area contributed by atoms with Gasteiger partial charge in [-0.2, -0.15) is 0 Å². The van der Waals surface area contributed by atoms with E-state index in [1.807, 2.05) is 54.6 Å². The Balaban J connectivity index is 2.08. The third kappa shape index (κ3) is 2.10. The maximum atomic E-state index is 12.3. The molecule has 0 fully saturated rings. The van der Waals surface area contributed by atoms with Gasteiger partial charge in [-0.1, -0.05) is 0 Å². The number of hydrogen-bond donors (Lipinski definition) is 0. The Bertz CT molecular complexity index is 732. The molecule has 18 heavy (non-hydrogen) atoms. The Hall–Kier alpha value is -1.83. The number of benzene rings is 2. The topological polar surface area (TPSA) is 30.2 Å². The molecule has 3 heteroatoms. The summed E-state index contributed by atoms with van der Waals surface area (Å²) in [5.74, 6) is 0. The molecule has 0 saturated heterocycles. The van der Waals surface area contributed by atoms with Gasteiger partial charge in [0.15, 0.2) is 0 Å². The van der Waals surface area contributed by atoms with E-state index in [2.05, 4.69) is 0 Å². The van der Waals surface area contributed by atoms with E-state index in [-0.39, 0.29) is 20.4 Å². The van der Waals surface area contributed by atoms with Crippen LogP contribution in [0.3, 0.4) is 0 Å². The van der Waals surface area contributed by atoms with E-state index in [1.54, 1.807) is 6.26 Å². The van der Waals surface area contributed by atoms with Crippen molar-refractivity contribution in [3.63, 3.8) is 0 Å². The zero-order valence-electron chi connectivity index (χ0n) is 9.50. The minimum absolute atomic E-state index is 0.00806. The van der Waals surface area contributed by atoms with E-state index in [0.717, 1.165) is 4.46 Å². The van der Waals surface area contributed by atoms with Crippen molar-refractivity contribution in [1.82, 2.24) is 0 Å². The van der Waals surface area contributed by atoms with Gasteiger partial charge in [-0.05, 0) is 0 Å². The summed E-state index contributed by atoms with van der Waals surface area (Å²) < 4.78 is 7.44. The first kappa shape index (κ1) is 11.3. The molecule has 0 aliphatic rings. The van der Waals surface area contributed by atoms with Crippen molar-refractivity contribution < 1.29 is 4.42 Å². The summed E-state index contributed by atoms with van der Waals surface area (Å²) in [7, 11) is 0. The fourth-order valence-electron chi connectivity index (χ4n) is 1.75. The molecule has 2 nitrogen and oxygen atoms in total. The van der Waals surface area contributed by atoms with E-state index in [0.29, 0.717) is 11.0 Å². The van der Waals surface area contributed by atoms with Gasteiger partial charge in [0.25, 0.3) is 0 Å². The number of rotatable bonds is 2. The van der Waals surface area contributed by atoms with Gasteiger partial charge in [0.05, 0.1) is 0 Å². The second-order valence-electron chi connectivity index (χ2n) is 3.84. The second-order valence-corrected chi connectivity index (χ2v) is 6.18. The predicted molar refractivity (Wildman–Crippen MR) is 73.9 cm³/mol. The summed E-state index contributed by atoms with van der Waals surface area (Å²) in [6.45, 7) is 0. The average Bonchev–Trinajstić information content (AvgIpc) is 2.43. The van der Waals surface area contributed by atoms with Crippen LogP contribution in [0.4, 0.5) is 0 Å². The number of hydrogen-bond acceptors (Lipinski definition) is 2. The van der Waals surface area contributed by atoms with Crippen LogP contribution >= 0.6 is 0 Å². The van der Waals surface area contributed by atoms with Gasteiger partial charge in [0.1, 0.15) is 0 Å². The molecule has 1 heterocycles. The summed E-state index contributed by atoms with van der Waals surface area (Å²) in [6, 6.07) is 17.4. The molecule has 1 aromatic heterocycles. The first-order valence-corrected chi connectivity index (χ1v) is 7.29. The maximum absolute atomic E-state index is 12.3. The summed E-state index contributed by atoms with van der Waals surface area (Å²) in [5, 5.41) is 0.660. The normalized spacial score (nSPS) is 10.7. The standard InChI is InChI=1S/C15H10O2Se/c16-15-12-8-4-5-9-13(12)17-10-14(15)18-11-6-2-1-3-7-11/h1-10H. The predicted octanol–water partition coefficient (Wildman–Crippen LogP) is 1.45. The summed E-state index contributed by atoms with van der Waals surface area (Å²) >= 11 is -0.00806. The van der Waals surface area contributed by atoms with Crippen LogP contribution in [0.5, 0.6) is 0 Å². The molecule has 0 aliphatic heterocycles. The van der Waals surface area contributed by atoms with Crippen molar-refractivity contribution in [3.05, 3.63) is 71.1 Å². The van der Waals surface area contributed by atoms with Crippen LogP contribution in [0.2, 0.25) is 0 Å². The van der Waals surface area contributed by atoms with Crippen molar-refractivity contribution in [2.24, 2.45) is 0 Å². The van der Waals surface area contributed by atoms with Gasteiger partial charge < -0.3 is 0 Å². The molecule has 0 bridgehead atoms. The molecule has 88 valence electrons. The first-order chi connectivity index (χ1) is 8.84. The van der Waals surface area contributed by atoms with Crippen molar-refractivity contribution in [3.8, 4) is 0 Å². The molecule has 3 rings (SSSR count). The van der Waals surface area contributed by atoms with Gasteiger partial charge >= 0.3 is 110 Å². The summed E-state index contributed by atoms with van der Waals surface area (Å²) in [5.41, 5.74) is 0.732. The zero-order valence-corrected chi connectivity index (χ0v) is 11.2. The van der Waals surface area contributed by atoms with Gasteiger partial charge in [-0.15, -0.1) is 0 Å². The van der Waals surface area contributed by atoms with Crippen LogP contribution in [0, 0.1) is 0 Å². The molecule has 3 aromatic rings. The van der Waals surface area contributed by atoms with E-state index >= 15 is 0 Å². The molecule has 0 unspecified atom stereocenters. The fourth-order valence-corrected chi connectivity index (χ4v) is 3.52. The van der Waals surface area contributed by atoms with Crippen molar-refractivity contribution in [2.45, 2.75) is 0 Å². The molecule has 0 amide bonds. The molecule has 0 aliphatic carbocycles. The van der Waals surface area contributed by atoms with Crippen LogP contribution in [0.25, 0.3) is 11.0 Å². The Kier molecular flexibility index (Phi) is 3.01. The minimum atomic E-state index is -0.00806. The van der Waals surface area contributed by atoms with Crippen LogP contribution < -0.4 is 14.4 Å². The SMILES string of the molecule is O=c1c([Se]c2ccccc2)coc2ccccc12. The molecular formula is C15H10O2Se. The van der Waals surface area contributed by atoms with E-state index in [4.69, 9.17) is 4.42 Å². The quantitative estimate of drug-likeness (QED) is 0.671. The number of fused-ring (bicyclic) bond motifs is 1. The van der Waals surface area contributed by atoms with Crippen LogP contribution in [0.1, 0.15) is 0 Å². The van der Waals surface area contributed by atoms with Gasteiger partial charge in [-0.25, -0.2) is 0 Å². The molecule has 0 saturated carbocycles. The van der Waals surface area contributed by atoms with E-state index < -0.39 is 0 Å². The van der Waals surface area contributed by atoms with E-state index in [1.165, 1.54) is 4.46 Å². The molecule has 2 aromatic carbocycles. The zero-order chi connectivity index (χ0) is 12.4. The number of para-hydroxylation sites is 1. The Morgan fingerprint density at radius 1 is 0.889 bits per heavy atom. The van der Waals surface area contributed by atoms with Crippen LogP contribution in [-0.2, 0) is 0 Å². The third-order valence-electron chi connectivity index (χ3n) is 2.62. The third-order valence-corrected chi connectivity index (χ3v) is 4.74. The van der Waals surface area contributed by atoms with Crippen LogP contribution in [0.15, 0.2) is 70.1 Å². The molecule has 0 spiro atoms. The summed E-state index contributed by atoms with van der Waals surface area (Å²) in [4.78, 5) is 12.3. The molecule has 0 atom stereocenters. The summed E-state index contributed by atoms with van der Waals surface area (Å²) in [6.07, 6.45) is 1.59. The average molecular weight is 301 g/mol. The Labute approximate surface area is 110 Å². The fraction of sp³-hybridized carbons (Fsp3) is 0. The molecule has 0 N–H and O–H groups in total. The first-order valence-electron chi connectivity index (χ1n) is 5.58. The van der Waals surface area contributed by atoms with Crippen LogP contribution in [-0.4, -0.2) is 15.0 Å². The Morgan fingerprint density at radius 3 is 2.44 bits per heavy atom. The Morgan fingerprint density at radius 2 is 1.61 bits per heavy atom. The van der Waals surface area contributed by atoms with Gasteiger partial charge in [0.2, 0.25) is 0 Å². The van der Waals surface area contributed by atoms with Crippen molar-refractivity contribution >= 4 is 34.8 Å². The monoisotopic (exact) mass is 302 g/mol. The van der Waals surface area contributed by atoms with Gasteiger partial charge in [-0.3, -0.25) is 0 Å². The van der Waals surface area contributed by atoms with E-state index in [9.17, 15) is 4.79 Å².